The summed E-state index contributed by atoms with van der Waals surface area (Å²) in [7, 11) is 0. The first kappa shape index (κ1) is 20.9. The van der Waals surface area contributed by atoms with Crippen molar-refractivity contribution in [2.45, 2.75) is 0 Å². The Kier molecular flexibility index (Phi) is 5.24. The lowest BCUT2D eigenvalue weighted by Crippen LogP contribution is -2.00. The molecule has 0 aliphatic heterocycles. The van der Waals surface area contributed by atoms with Crippen LogP contribution in [0.4, 0.5) is 0 Å². The Morgan fingerprint density at radius 2 is 0.705 bits per heavy atom. The van der Waals surface area contributed by atoms with Gasteiger partial charge in [0.25, 0.3) is 0 Å². The molecule has 0 fully saturated rings. The Bertz CT molecular complexity index is 2470. The summed E-state index contributed by atoms with van der Waals surface area (Å²) in [6.07, 6.45) is 0. The molecule has 0 radical (unpaired) electrons. The van der Waals surface area contributed by atoms with Gasteiger partial charge in [-0.3, -0.25) is 0 Å². The maximum atomic E-state index is 8.63. The molecule has 0 bridgehead atoms. The second kappa shape index (κ2) is 11.0. The van der Waals surface area contributed by atoms with Crippen LogP contribution < -0.4 is 0 Å². The van der Waals surface area contributed by atoms with Crippen molar-refractivity contribution in [3.05, 3.63) is 164 Å². The van der Waals surface area contributed by atoms with Crippen LogP contribution in [0.3, 0.4) is 0 Å². The number of hydrogen-bond donors (Lipinski definition) is 0. The van der Waals surface area contributed by atoms with Crippen LogP contribution in [0.25, 0.3) is 78.0 Å². The summed E-state index contributed by atoms with van der Waals surface area (Å²) in [6.45, 7) is 0. The SMILES string of the molecule is [2H]c1c([2H])c([2H])c(-c2ccc(-c3ccc(-c4nc(-c5ccccc5)nc(-c5ccccc5)n4)c4ccccc34)c3ccccc23)c([2H])c1[2H]. The van der Waals surface area contributed by atoms with Gasteiger partial charge in [-0.25, -0.2) is 15.0 Å². The zero-order chi connectivity index (χ0) is 33.6. The molecule has 3 nitrogen and oxygen atoms in total. The third-order valence-corrected chi connectivity index (χ3v) is 7.85. The lowest BCUT2D eigenvalue weighted by molar-refractivity contribution is 1.08. The van der Waals surface area contributed by atoms with Crippen molar-refractivity contribution in [1.29, 1.82) is 0 Å². The summed E-state index contributed by atoms with van der Waals surface area (Å²) >= 11 is 0. The average Bonchev–Trinajstić information content (AvgIpc) is 3.16. The molecule has 8 rings (SSSR count). The summed E-state index contributed by atoms with van der Waals surface area (Å²) in [6, 6.07) is 42.2. The Labute approximate surface area is 263 Å². The van der Waals surface area contributed by atoms with Crippen molar-refractivity contribution in [3.63, 3.8) is 0 Å². The summed E-state index contributed by atoms with van der Waals surface area (Å²) in [4.78, 5) is 14.8. The third-order valence-electron chi connectivity index (χ3n) is 7.85. The minimum absolute atomic E-state index is 0.187. The van der Waals surface area contributed by atoms with E-state index in [1.807, 2.05) is 109 Å². The molecule has 0 spiro atoms. The minimum Gasteiger partial charge on any atom is -0.208 e. The highest BCUT2D eigenvalue weighted by Crippen LogP contribution is 2.40. The lowest BCUT2D eigenvalue weighted by atomic mass is 9.89. The molecule has 0 N–H and O–H groups in total. The Hall–Kier alpha value is -5.93. The molecular weight excluding hydrogens is 534 g/mol. The van der Waals surface area contributed by atoms with Gasteiger partial charge < -0.3 is 0 Å². The van der Waals surface area contributed by atoms with E-state index in [0.29, 0.717) is 23.0 Å². The van der Waals surface area contributed by atoms with Gasteiger partial charge in [-0.05, 0) is 49.9 Å². The second-order valence-electron chi connectivity index (χ2n) is 10.5. The highest BCUT2D eigenvalue weighted by molar-refractivity contribution is 6.11. The quantitative estimate of drug-likeness (QED) is 0.208. The van der Waals surface area contributed by atoms with Gasteiger partial charge in [0.05, 0.1) is 6.85 Å². The summed E-state index contributed by atoms with van der Waals surface area (Å²) in [5.41, 5.74) is 5.39. The van der Waals surface area contributed by atoms with E-state index in [9.17, 15) is 0 Å². The van der Waals surface area contributed by atoms with E-state index in [1.165, 1.54) is 0 Å². The number of hydrogen-bond acceptors (Lipinski definition) is 3. The van der Waals surface area contributed by atoms with E-state index in [4.69, 9.17) is 21.8 Å². The average molecular weight is 567 g/mol. The number of nitrogens with zero attached hydrogens (tertiary/aromatic N) is 3. The van der Waals surface area contributed by atoms with Gasteiger partial charge in [-0.15, -0.1) is 0 Å². The maximum Gasteiger partial charge on any atom is 0.164 e. The number of fused-ring (bicyclic) bond motifs is 2. The van der Waals surface area contributed by atoms with E-state index in [-0.39, 0.29) is 29.7 Å². The van der Waals surface area contributed by atoms with Crippen LogP contribution in [-0.2, 0) is 0 Å². The van der Waals surface area contributed by atoms with E-state index in [2.05, 4.69) is 24.3 Å². The first-order valence-corrected chi connectivity index (χ1v) is 14.4. The summed E-state index contributed by atoms with van der Waals surface area (Å²) in [5.74, 6) is 1.75. The van der Waals surface area contributed by atoms with E-state index < -0.39 is 6.04 Å². The van der Waals surface area contributed by atoms with Crippen molar-refractivity contribution in [2.24, 2.45) is 0 Å². The second-order valence-corrected chi connectivity index (χ2v) is 10.5. The maximum absolute atomic E-state index is 8.63. The van der Waals surface area contributed by atoms with Gasteiger partial charge in [0, 0.05) is 16.7 Å². The van der Waals surface area contributed by atoms with Crippen LogP contribution in [0.15, 0.2) is 164 Å². The molecule has 1 heterocycles. The zero-order valence-electron chi connectivity index (χ0n) is 28.5. The zero-order valence-corrected chi connectivity index (χ0v) is 23.5. The fraction of sp³-hybridized carbons (Fsp3) is 0. The molecule has 0 aliphatic carbocycles. The van der Waals surface area contributed by atoms with Crippen molar-refractivity contribution < 1.29 is 6.85 Å². The predicted octanol–water partition coefficient (Wildman–Crippen LogP) is 10.5. The topological polar surface area (TPSA) is 38.7 Å². The normalized spacial score (nSPS) is 12.8. The molecule has 0 atom stereocenters. The van der Waals surface area contributed by atoms with E-state index in [1.54, 1.807) is 0 Å². The smallest absolute Gasteiger partial charge is 0.164 e. The van der Waals surface area contributed by atoms with Crippen molar-refractivity contribution in [3.8, 4) is 56.4 Å². The third kappa shape index (κ3) is 4.61. The molecule has 8 aromatic rings. The van der Waals surface area contributed by atoms with Gasteiger partial charge in [0.1, 0.15) is 0 Å². The van der Waals surface area contributed by atoms with Crippen LogP contribution >= 0.6 is 0 Å². The summed E-state index contributed by atoms with van der Waals surface area (Å²) < 4.78 is 41.8. The molecule has 206 valence electrons. The van der Waals surface area contributed by atoms with Crippen molar-refractivity contribution >= 4 is 21.5 Å². The lowest BCUT2D eigenvalue weighted by Gasteiger charge is -2.16. The fourth-order valence-electron chi connectivity index (χ4n) is 5.79. The Morgan fingerprint density at radius 1 is 0.318 bits per heavy atom. The number of rotatable bonds is 5. The number of benzene rings is 7. The summed E-state index contributed by atoms with van der Waals surface area (Å²) in [5, 5.41) is 3.68. The first-order chi connectivity index (χ1) is 23.9. The molecule has 0 unspecified atom stereocenters. The fourth-order valence-corrected chi connectivity index (χ4v) is 5.79. The van der Waals surface area contributed by atoms with Gasteiger partial charge in [0.15, 0.2) is 17.5 Å². The van der Waals surface area contributed by atoms with Crippen LogP contribution in [-0.4, -0.2) is 15.0 Å². The molecule has 44 heavy (non-hydrogen) atoms. The minimum atomic E-state index is -0.406. The van der Waals surface area contributed by atoms with Crippen molar-refractivity contribution in [1.82, 2.24) is 15.0 Å². The molecule has 7 aromatic carbocycles. The monoisotopic (exact) mass is 566 g/mol. The van der Waals surface area contributed by atoms with Gasteiger partial charge >= 0.3 is 0 Å². The molecular formula is C41H27N3. The van der Waals surface area contributed by atoms with Crippen LogP contribution in [0.5, 0.6) is 0 Å². The first-order valence-electron chi connectivity index (χ1n) is 16.9. The van der Waals surface area contributed by atoms with Crippen LogP contribution in [0.2, 0.25) is 0 Å². The van der Waals surface area contributed by atoms with Crippen LogP contribution in [0, 0.1) is 0 Å². The largest absolute Gasteiger partial charge is 0.208 e. The Morgan fingerprint density at radius 3 is 1.23 bits per heavy atom. The molecule has 0 saturated heterocycles. The van der Waals surface area contributed by atoms with E-state index in [0.717, 1.165) is 49.4 Å². The highest BCUT2D eigenvalue weighted by Gasteiger charge is 2.17. The molecule has 3 heteroatoms. The van der Waals surface area contributed by atoms with E-state index >= 15 is 0 Å². The molecule has 0 saturated carbocycles. The highest BCUT2D eigenvalue weighted by atomic mass is 15.0. The van der Waals surface area contributed by atoms with Gasteiger partial charge in [0.2, 0.25) is 0 Å². The molecule has 1 aromatic heterocycles. The van der Waals surface area contributed by atoms with Gasteiger partial charge in [-0.1, -0.05) is 158 Å². The van der Waals surface area contributed by atoms with Gasteiger partial charge in [-0.2, -0.15) is 0 Å². The Balaban J connectivity index is 1.34. The van der Waals surface area contributed by atoms with Crippen molar-refractivity contribution in [2.75, 3.05) is 0 Å². The number of aromatic nitrogens is 3. The predicted molar refractivity (Wildman–Crippen MR) is 182 cm³/mol. The van der Waals surface area contributed by atoms with Crippen LogP contribution in [0.1, 0.15) is 6.85 Å². The molecule has 0 aliphatic rings. The standard InChI is InChI=1S/C41H27N3/c1-4-14-28(15-5-1)31-24-25-36(33-21-11-10-20-32(31)33)37-26-27-38(35-23-13-12-22-34(35)37)41-43-39(29-16-6-2-7-17-29)42-40(44-41)30-18-8-3-9-19-30/h1-27H/i1D,4D,5D,14D,15D. The molecule has 0 amide bonds.